The number of nitrogens with one attached hydrogen (secondary N) is 1. The fourth-order valence-electron chi connectivity index (χ4n) is 4.33. The van der Waals surface area contributed by atoms with E-state index in [1.165, 1.54) is 18.8 Å². The Hall–Kier alpha value is -2.49. The van der Waals surface area contributed by atoms with Crippen LogP contribution in [0.5, 0.6) is 0 Å². The molecule has 32 heavy (non-hydrogen) atoms. The van der Waals surface area contributed by atoms with E-state index in [9.17, 15) is 14.9 Å². The lowest BCUT2D eigenvalue weighted by Crippen LogP contribution is -2.45. The maximum atomic E-state index is 12.4. The number of hydrogen-bond acceptors (Lipinski definition) is 7. The van der Waals surface area contributed by atoms with Crippen molar-refractivity contribution in [3.05, 3.63) is 56.7 Å². The zero-order valence-corrected chi connectivity index (χ0v) is 18.7. The summed E-state index contributed by atoms with van der Waals surface area (Å²) in [5.74, 6) is 0.375. The molecular weight excluding hydrogens is 434 g/mol. The Bertz CT molecular complexity index is 952. The smallest absolute Gasteiger partial charge is 0.273 e. The van der Waals surface area contributed by atoms with E-state index >= 15 is 0 Å². The highest BCUT2D eigenvalue weighted by Gasteiger charge is 2.22. The number of benzene rings is 1. The average Bonchev–Trinajstić information content (AvgIpc) is 3.26. The van der Waals surface area contributed by atoms with Crippen LogP contribution in [0.15, 0.2) is 28.9 Å². The molecule has 0 bridgehead atoms. The van der Waals surface area contributed by atoms with Crippen LogP contribution >= 0.6 is 11.6 Å². The molecule has 9 nitrogen and oxygen atoms in total. The molecule has 1 aliphatic carbocycles. The van der Waals surface area contributed by atoms with Gasteiger partial charge in [0.2, 0.25) is 5.89 Å². The second-order valence-corrected chi connectivity index (χ2v) is 8.93. The Morgan fingerprint density at radius 3 is 2.53 bits per heavy atom. The summed E-state index contributed by atoms with van der Waals surface area (Å²) >= 11 is 6.23. The van der Waals surface area contributed by atoms with Gasteiger partial charge >= 0.3 is 0 Å². The summed E-state index contributed by atoms with van der Waals surface area (Å²) < 4.78 is 5.54. The summed E-state index contributed by atoms with van der Waals surface area (Å²) in [6.45, 7) is 4.32. The zero-order chi connectivity index (χ0) is 22.5. The SMILES string of the molecule is O=C(NC1CCCCC1)c1coc(CN2CCN(Cc3cc([N+](=O)[O-])ccc3Cl)CC2)n1. The van der Waals surface area contributed by atoms with E-state index in [0.29, 0.717) is 29.7 Å². The first kappa shape index (κ1) is 22.7. The Morgan fingerprint density at radius 2 is 1.84 bits per heavy atom. The lowest BCUT2D eigenvalue weighted by molar-refractivity contribution is -0.384. The third-order valence-electron chi connectivity index (χ3n) is 6.18. The number of nitro groups is 1. The maximum Gasteiger partial charge on any atom is 0.273 e. The third kappa shape index (κ3) is 5.85. The van der Waals surface area contributed by atoms with Gasteiger partial charge in [0.15, 0.2) is 5.69 Å². The standard InChI is InChI=1S/C22H28ClN5O4/c23-19-7-6-18(28(30)31)12-16(19)13-26-8-10-27(11-9-26)14-21-25-20(15-32-21)22(29)24-17-4-2-1-3-5-17/h6-7,12,15,17H,1-5,8-11,13-14H2,(H,24,29). The number of non-ortho nitro benzene ring substituents is 1. The molecule has 2 aromatic rings. The lowest BCUT2D eigenvalue weighted by Gasteiger charge is -2.34. The fourth-order valence-corrected chi connectivity index (χ4v) is 4.50. The van der Waals surface area contributed by atoms with Gasteiger partial charge in [-0.2, -0.15) is 0 Å². The Morgan fingerprint density at radius 1 is 1.16 bits per heavy atom. The molecule has 1 saturated heterocycles. The first-order valence-corrected chi connectivity index (χ1v) is 11.5. The molecule has 1 saturated carbocycles. The zero-order valence-electron chi connectivity index (χ0n) is 18.0. The fraction of sp³-hybridized carbons (Fsp3) is 0.545. The third-order valence-corrected chi connectivity index (χ3v) is 6.55. The molecule has 0 atom stereocenters. The molecule has 0 unspecified atom stereocenters. The van der Waals surface area contributed by atoms with Gasteiger partial charge in [-0.05, 0) is 24.5 Å². The van der Waals surface area contributed by atoms with E-state index in [1.54, 1.807) is 12.1 Å². The Labute approximate surface area is 191 Å². The minimum Gasteiger partial charge on any atom is -0.447 e. The van der Waals surface area contributed by atoms with Crippen molar-refractivity contribution in [3.8, 4) is 0 Å². The van der Waals surface area contributed by atoms with E-state index in [0.717, 1.165) is 57.4 Å². The lowest BCUT2D eigenvalue weighted by atomic mass is 9.95. The van der Waals surface area contributed by atoms with Crippen LogP contribution < -0.4 is 5.32 Å². The molecule has 10 heteroatoms. The van der Waals surface area contributed by atoms with Gasteiger partial charge in [-0.1, -0.05) is 30.9 Å². The van der Waals surface area contributed by atoms with Crippen molar-refractivity contribution < 1.29 is 14.1 Å². The number of amides is 1. The highest BCUT2D eigenvalue weighted by Crippen LogP contribution is 2.24. The van der Waals surface area contributed by atoms with Gasteiger partial charge in [-0.25, -0.2) is 4.98 Å². The molecule has 2 aliphatic rings. The minimum absolute atomic E-state index is 0.0512. The van der Waals surface area contributed by atoms with Gasteiger partial charge in [0, 0.05) is 55.9 Å². The summed E-state index contributed by atoms with van der Waals surface area (Å²) in [6, 6.07) is 4.78. The van der Waals surface area contributed by atoms with Crippen LogP contribution in [0.1, 0.15) is 54.0 Å². The maximum absolute atomic E-state index is 12.4. The molecule has 1 aliphatic heterocycles. The van der Waals surface area contributed by atoms with Gasteiger partial charge in [0.1, 0.15) is 6.26 Å². The number of nitro benzene ring substituents is 1. The number of oxazole rings is 1. The van der Waals surface area contributed by atoms with Crippen molar-refractivity contribution in [2.45, 2.75) is 51.2 Å². The second kappa shape index (κ2) is 10.4. The highest BCUT2D eigenvalue weighted by molar-refractivity contribution is 6.31. The van der Waals surface area contributed by atoms with Gasteiger partial charge in [0.25, 0.3) is 11.6 Å². The summed E-state index contributed by atoms with van der Waals surface area (Å²) in [6.07, 6.45) is 7.06. The van der Waals surface area contributed by atoms with Crippen LogP contribution in [0.25, 0.3) is 0 Å². The van der Waals surface area contributed by atoms with Crippen LogP contribution in [0.2, 0.25) is 5.02 Å². The minimum atomic E-state index is -0.405. The molecule has 1 amide bonds. The van der Waals surface area contributed by atoms with E-state index in [2.05, 4.69) is 20.1 Å². The molecular formula is C22H28ClN5O4. The first-order chi connectivity index (χ1) is 15.5. The molecule has 1 N–H and O–H groups in total. The summed E-state index contributed by atoms with van der Waals surface area (Å²) in [5, 5.41) is 14.6. The molecule has 0 radical (unpaired) electrons. The van der Waals surface area contributed by atoms with Gasteiger partial charge < -0.3 is 9.73 Å². The van der Waals surface area contributed by atoms with Crippen molar-refractivity contribution in [1.29, 1.82) is 0 Å². The van der Waals surface area contributed by atoms with Crippen LogP contribution in [-0.2, 0) is 13.1 Å². The molecule has 0 spiro atoms. The van der Waals surface area contributed by atoms with Crippen molar-refractivity contribution in [1.82, 2.24) is 20.1 Å². The predicted octanol–water partition coefficient (Wildman–Crippen LogP) is 3.62. The quantitative estimate of drug-likeness (QED) is 0.496. The Kier molecular flexibility index (Phi) is 7.39. The molecule has 1 aromatic carbocycles. The number of piperazine rings is 1. The van der Waals surface area contributed by atoms with E-state index < -0.39 is 4.92 Å². The average molecular weight is 462 g/mol. The van der Waals surface area contributed by atoms with Gasteiger partial charge in [0.05, 0.1) is 11.5 Å². The number of hydrogen-bond donors (Lipinski definition) is 1. The van der Waals surface area contributed by atoms with Gasteiger partial charge in [-0.15, -0.1) is 0 Å². The summed E-state index contributed by atoms with van der Waals surface area (Å²) in [5.41, 5.74) is 1.15. The largest absolute Gasteiger partial charge is 0.447 e. The molecule has 1 aromatic heterocycles. The number of aromatic nitrogens is 1. The van der Waals surface area contributed by atoms with Crippen LogP contribution in [0.4, 0.5) is 5.69 Å². The van der Waals surface area contributed by atoms with Crippen molar-refractivity contribution in [2.75, 3.05) is 26.2 Å². The van der Waals surface area contributed by atoms with Crippen LogP contribution in [-0.4, -0.2) is 57.8 Å². The van der Waals surface area contributed by atoms with Gasteiger partial charge in [-0.3, -0.25) is 24.7 Å². The molecule has 2 fully saturated rings. The number of halogens is 1. The Balaban J connectivity index is 1.25. The van der Waals surface area contributed by atoms with Crippen molar-refractivity contribution in [2.24, 2.45) is 0 Å². The normalized spacial score (nSPS) is 18.5. The van der Waals surface area contributed by atoms with Crippen LogP contribution in [0, 0.1) is 10.1 Å². The monoisotopic (exact) mass is 461 g/mol. The topological polar surface area (TPSA) is 105 Å². The first-order valence-electron chi connectivity index (χ1n) is 11.1. The molecule has 4 rings (SSSR count). The van der Waals surface area contributed by atoms with Crippen molar-refractivity contribution in [3.63, 3.8) is 0 Å². The van der Waals surface area contributed by atoms with Crippen LogP contribution in [0.3, 0.4) is 0 Å². The summed E-state index contributed by atoms with van der Waals surface area (Å²) in [7, 11) is 0. The number of carbonyl (C=O) groups excluding carboxylic acids is 1. The van der Waals surface area contributed by atoms with E-state index in [4.69, 9.17) is 16.0 Å². The number of nitrogens with zero attached hydrogens (tertiary/aromatic N) is 4. The van der Waals surface area contributed by atoms with Crippen molar-refractivity contribution >= 4 is 23.2 Å². The number of carbonyl (C=O) groups is 1. The summed E-state index contributed by atoms with van der Waals surface area (Å²) in [4.78, 5) is 31.9. The molecule has 2 heterocycles. The second-order valence-electron chi connectivity index (χ2n) is 8.52. The number of rotatable bonds is 7. The van der Waals surface area contributed by atoms with E-state index in [-0.39, 0.29) is 17.6 Å². The van der Waals surface area contributed by atoms with E-state index in [1.807, 2.05) is 0 Å². The highest BCUT2D eigenvalue weighted by atomic mass is 35.5. The molecule has 172 valence electrons. The predicted molar refractivity (Wildman–Crippen MR) is 120 cm³/mol.